The first-order valence-corrected chi connectivity index (χ1v) is 8.94. The number of alkyl halides is 5. The van der Waals surface area contributed by atoms with Gasteiger partial charge in [0.2, 0.25) is 5.82 Å². The minimum absolute atomic E-state index is 0.00416. The third kappa shape index (κ3) is 5.26. The van der Waals surface area contributed by atoms with Crippen molar-refractivity contribution >= 4 is 11.6 Å². The lowest BCUT2D eigenvalue weighted by Crippen LogP contribution is -2.31. The molecule has 0 fully saturated rings. The molecule has 0 saturated carbocycles. The largest absolute Gasteiger partial charge is 0.573 e. The third-order valence-corrected chi connectivity index (χ3v) is 4.26. The van der Waals surface area contributed by atoms with Crippen LogP contribution in [0.3, 0.4) is 0 Å². The SMILES string of the molecule is CCC(OCC(F)(F)c1nnc2ccc(-c3ccc(OC(F)(F)F)cc3)cn12)C(=O)O. The molecule has 1 aromatic carbocycles. The first kappa shape index (κ1) is 22.4. The number of hydrogen-bond acceptors (Lipinski definition) is 5. The summed E-state index contributed by atoms with van der Waals surface area (Å²) < 4.78 is 75.8. The van der Waals surface area contributed by atoms with Crippen LogP contribution >= 0.6 is 0 Å². The van der Waals surface area contributed by atoms with Gasteiger partial charge in [0.25, 0.3) is 0 Å². The van der Waals surface area contributed by atoms with Gasteiger partial charge < -0.3 is 14.6 Å². The molecule has 3 rings (SSSR count). The van der Waals surface area contributed by atoms with Gasteiger partial charge in [-0.25, -0.2) is 4.79 Å². The van der Waals surface area contributed by atoms with Gasteiger partial charge >= 0.3 is 18.3 Å². The summed E-state index contributed by atoms with van der Waals surface area (Å²) in [6.45, 7) is 0.271. The van der Waals surface area contributed by atoms with Crippen LogP contribution in [0.1, 0.15) is 19.2 Å². The average molecular weight is 445 g/mol. The van der Waals surface area contributed by atoms with Crippen LogP contribution in [-0.2, 0) is 15.5 Å². The minimum atomic E-state index is -4.83. The first-order valence-electron chi connectivity index (χ1n) is 8.94. The van der Waals surface area contributed by atoms with E-state index in [2.05, 4.69) is 14.9 Å². The molecule has 31 heavy (non-hydrogen) atoms. The zero-order valence-corrected chi connectivity index (χ0v) is 15.9. The van der Waals surface area contributed by atoms with E-state index in [0.717, 1.165) is 16.5 Å². The van der Waals surface area contributed by atoms with Gasteiger partial charge in [0, 0.05) is 6.20 Å². The van der Waals surface area contributed by atoms with E-state index in [1.807, 2.05) is 0 Å². The molecule has 166 valence electrons. The smallest absolute Gasteiger partial charge is 0.479 e. The van der Waals surface area contributed by atoms with Crippen LogP contribution in [0, 0.1) is 0 Å². The molecule has 0 aliphatic carbocycles. The van der Waals surface area contributed by atoms with Crippen LogP contribution in [0.4, 0.5) is 22.0 Å². The highest BCUT2D eigenvalue weighted by Gasteiger charge is 2.39. The van der Waals surface area contributed by atoms with Crippen molar-refractivity contribution in [2.45, 2.75) is 31.7 Å². The Bertz CT molecular complexity index is 1070. The number of fused-ring (bicyclic) bond motifs is 1. The van der Waals surface area contributed by atoms with E-state index in [0.29, 0.717) is 11.1 Å². The first-order chi connectivity index (χ1) is 14.5. The van der Waals surface area contributed by atoms with Crippen molar-refractivity contribution in [2.75, 3.05) is 6.61 Å². The van der Waals surface area contributed by atoms with E-state index < -0.39 is 42.5 Å². The minimum Gasteiger partial charge on any atom is -0.479 e. The number of carbonyl (C=O) groups is 1. The van der Waals surface area contributed by atoms with E-state index in [-0.39, 0.29) is 12.1 Å². The second-order valence-electron chi connectivity index (χ2n) is 6.49. The normalized spacial score (nSPS) is 13.4. The van der Waals surface area contributed by atoms with Crippen LogP contribution in [0.5, 0.6) is 5.75 Å². The van der Waals surface area contributed by atoms with Gasteiger partial charge in [-0.3, -0.25) is 4.40 Å². The number of aromatic nitrogens is 3. The number of hydrogen-bond donors (Lipinski definition) is 1. The van der Waals surface area contributed by atoms with Crippen molar-refractivity contribution in [1.82, 2.24) is 14.6 Å². The second-order valence-corrected chi connectivity index (χ2v) is 6.49. The molecule has 1 unspecified atom stereocenters. The fraction of sp³-hybridized carbons (Fsp3) is 0.316. The molecule has 0 aliphatic heterocycles. The van der Waals surface area contributed by atoms with Gasteiger partial charge in [-0.05, 0) is 41.8 Å². The lowest BCUT2D eigenvalue weighted by atomic mass is 10.1. The van der Waals surface area contributed by atoms with Crippen LogP contribution in [0.15, 0.2) is 42.6 Å². The summed E-state index contributed by atoms with van der Waals surface area (Å²) in [6.07, 6.45) is -4.92. The van der Waals surface area contributed by atoms with Crippen molar-refractivity contribution < 1.29 is 41.3 Å². The summed E-state index contributed by atoms with van der Waals surface area (Å²) in [5.41, 5.74) is 0.939. The molecule has 0 aliphatic rings. The Kier molecular flexibility index (Phi) is 6.11. The molecule has 3 aromatic rings. The van der Waals surface area contributed by atoms with Crippen molar-refractivity contribution in [3.8, 4) is 16.9 Å². The highest BCUT2D eigenvalue weighted by atomic mass is 19.4. The van der Waals surface area contributed by atoms with Gasteiger partial charge in [0.15, 0.2) is 11.8 Å². The standard InChI is InChI=1S/C19H16F5N3O4/c1-2-14(16(28)29)30-10-18(20,21)17-26-25-15-8-5-12(9-27(15)17)11-3-6-13(7-4-11)31-19(22,23)24/h3-9,14H,2,10H2,1H3,(H,28,29). The van der Waals surface area contributed by atoms with Gasteiger partial charge in [-0.1, -0.05) is 19.1 Å². The Morgan fingerprint density at radius 3 is 2.29 bits per heavy atom. The molecule has 0 bridgehead atoms. The maximum absolute atomic E-state index is 14.7. The molecule has 2 aromatic heterocycles. The molecule has 0 spiro atoms. The van der Waals surface area contributed by atoms with Crippen molar-refractivity contribution in [2.24, 2.45) is 0 Å². The van der Waals surface area contributed by atoms with Gasteiger partial charge in [-0.2, -0.15) is 8.78 Å². The summed E-state index contributed by atoms with van der Waals surface area (Å²) in [4.78, 5) is 11.0. The van der Waals surface area contributed by atoms with Crippen LogP contribution < -0.4 is 4.74 Å². The number of carboxylic acid groups (broad SMARTS) is 1. The van der Waals surface area contributed by atoms with Crippen LogP contribution in [-0.4, -0.2) is 44.7 Å². The summed E-state index contributed by atoms with van der Waals surface area (Å²) in [7, 11) is 0. The van der Waals surface area contributed by atoms with E-state index in [1.165, 1.54) is 31.3 Å². The number of nitrogens with zero attached hydrogens (tertiary/aromatic N) is 3. The van der Waals surface area contributed by atoms with Gasteiger partial charge in [0.05, 0.1) is 0 Å². The zero-order chi connectivity index (χ0) is 22.8. The number of halogens is 5. The monoisotopic (exact) mass is 445 g/mol. The van der Waals surface area contributed by atoms with Crippen LogP contribution in [0.25, 0.3) is 16.8 Å². The number of carboxylic acids is 1. The summed E-state index contributed by atoms with van der Waals surface area (Å²) in [5.74, 6) is -6.19. The molecular formula is C19H16F5N3O4. The molecule has 0 amide bonds. The van der Waals surface area contributed by atoms with E-state index in [1.54, 1.807) is 6.07 Å². The average Bonchev–Trinajstić information content (AvgIpc) is 3.11. The molecule has 12 heteroatoms. The number of rotatable bonds is 8. The van der Waals surface area contributed by atoms with Crippen molar-refractivity contribution in [3.63, 3.8) is 0 Å². The predicted octanol–water partition coefficient (Wildman–Crippen LogP) is 4.27. The topological polar surface area (TPSA) is 86.0 Å². The molecule has 7 nitrogen and oxygen atoms in total. The molecule has 1 N–H and O–H groups in total. The Morgan fingerprint density at radius 1 is 1.06 bits per heavy atom. The summed E-state index contributed by atoms with van der Waals surface area (Å²) >= 11 is 0. The van der Waals surface area contributed by atoms with E-state index in [4.69, 9.17) is 9.84 Å². The quantitative estimate of drug-likeness (QED) is 0.522. The summed E-state index contributed by atoms with van der Waals surface area (Å²) in [6, 6.07) is 7.83. The zero-order valence-electron chi connectivity index (χ0n) is 15.9. The Morgan fingerprint density at radius 2 is 1.71 bits per heavy atom. The highest BCUT2D eigenvalue weighted by molar-refractivity contribution is 5.72. The maximum Gasteiger partial charge on any atom is 0.573 e. The molecule has 0 saturated heterocycles. The lowest BCUT2D eigenvalue weighted by Gasteiger charge is -2.18. The third-order valence-electron chi connectivity index (χ3n) is 4.26. The molecule has 0 radical (unpaired) electrons. The van der Waals surface area contributed by atoms with Crippen molar-refractivity contribution in [1.29, 1.82) is 0 Å². The van der Waals surface area contributed by atoms with E-state index >= 15 is 0 Å². The number of ether oxygens (including phenoxy) is 2. The molecular weight excluding hydrogens is 429 g/mol. The Hall–Kier alpha value is -3.28. The highest BCUT2D eigenvalue weighted by Crippen LogP contribution is 2.30. The Balaban J connectivity index is 1.87. The summed E-state index contributed by atoms with van der Waals surface area (Å²) in [5, 5.41) is 16.1. The molecule has 1 atom stereocenters. The number of pyridine rings is 1. The van der Waals surface area contributed by atoms with Gasteiger partial charge in [0.1, 0.15) is 12.4 Å². The van der Waals surface area contributed by atoms with E-state index in [9.17, 15) is 26.7 Å². The fourth-order valence-electron chi connectivity index (χ4n) is 2.79. The van der Waals surface area contributed by atoms with Crippen molar-refractivity contribution in [3.05, 3.63) is 48.4 Å². The second kappa shape index (κ2) is 8.46. The lowest BCUT2D eigenvalue weighted by molar-refractivity contribution is -0.274. The maximum atomic E-state index is 14.7. The molecule has 2 heterocycles. The van der Waals surface area contributed by atoms with Crippen LogP contribution in [0.2, 0.25) is 0 Å². The number of benzene rings is 1. The van der Waals surface area contributed by atoms with Gasteiger partial charge in [-0.15, -0.1) is 23.4 Å². The fourth-order valence-corrected chi connectivity index (χ4v) is 2.79. The Labute approximate surface area is 172 Å². The predicted molar refractivity (Wildman–Crippen MR) is 96.7 cm³/mol. The number of aliphatic carboxylic acids is 1.